The lowest BCUT2D eigenvalue weighted by atomic mass is 11.0. The van der Waals surface area contributed by atoms with E-state index in [1.165, 1.54) is 0 Å². The summed E-state index contributed by atoms with van der Waals surface area (Å²) in [5.41, 5.74) is 4.97. The molecule has 15 heavy (non-hydrogen) atoms. The Morgan fingerprint density at radius 1 is 1.47 bits per heavy atom. The van der Waals surface area contributed by atoms with Crippen molar-refractivity contribution < 1.29 is 27.7 Å². The maximum absolute atomic E-state index is 10.5. The smallest absolute Gasteiger partial charge is 0.379 e. The van der Waals surface area contributed by atoms with Gasteiger partial charge in [0.2, 0.25) is 0 Å². The molecule has 0 saturated heterocycles. The van der Waals surface area contributed by atoms with E-state index in [0.717, 1.165) is 18.0 Å². The molecule has 0 amide bonds. The van der Waals surface area contributed by atoms with Gasteiger partial charge in [0.25, 0.3) is 0 Å². The molecule has 0 aromatic rings. The van der Waals surface area contributed by atoms with E-state index in [1.54, 1.807) is 0 Å². The quantitative estimate of drug-likeness (QED) is 0.243. The Kier molecular flexibility index (Phi) is 8.30. The maximum atomic E-state index is 10.5. The van der Waals surface area contributed by atoms with Crippen molar-refractivity contribution in [1.82, 2.24) is 0 Å². The third-order valence-electron chi connectivity index (χ3n) is 0.712. The molecule has 0 aromatic heterocycles. The average Bonchev–Trinajstić information content (AvgIpc) is 1.77. The van der Waals surface area contributed by atoms with E-state index < -0.39 is 17.7 Å². The van der Waals surface area contributed by atoms with Crippen LogP contribution in [0, 0.1) is 5.41 Å². The van der Waals surface area contributed by atoms with Gasteiger partial charge in [-0.2, -0.15) is 0 Å². The zero-order valence-electron chi connectivity index (χ0n) is 7.82. The molecular formula is C4H13N2O6PS2. The SMILES string of the molecule is CS(=O)(=O)CCSC(=N)N.O=P(O)(O)O. The minimum absolute atomic E-state index is 0.0383. The Hall–Kier alpha value is -0.120. The zero-order chi connectivity index (χ0) is 12.7. The highest BCUT2D eigenvalue weighted by molar-refractivity contribution is 8.14. The van der Waals surface area contributed by atoms with E-state index in [0.29, 0.717) is 5.75 Å². The third-order valence-corrected chi connectivity index (χ3v) is 2.64. The van der Waals surface area contributed by atoms with Crippen LogP contribution in [0.15, 0.2) is 0 Å². The number of sulfone groups is 1. The molecule has 0 aromatic carbocycles. The van der Waals surface area contributed by atoms with Crippen molar-refractivity contribution in [2.45, 2.75) is 0 Å². The van der Waals surface area contributed by atoms with Crippen molar-refractivity contribution in [3.63, 3.8) is 0 Å². The van der Waals surface area contributed by atoms with Crippen LogP contribution in [0.1, 0.15) is 0 Å². The molecule has 0 fully saturated rings. The van der Waals surface area contributed by atoms with Crippen molar-refractivity contribution in [3.05, 3.63) is 0 Å². The van der Waals surface area contributed by atoms with Crippen LogP contribution in [-0.4, -0.2) is 46.0 Å². The van der Waals surface area contributed by atoms with Crippen molar-refractivity contribution in [2.75, 3.05) is 17.8 Å². The lowest BCUT2D eigenvalue weighted by molar-refractivity contribution is 0.275. The molecular weight excluding hydrogens is 267 g/mol. The molecule has 0 saturated carbocycles. The van der Waals surface area contributed by atoms with E-state index >= 15 is 0 Å². The number of nitrogens with two attached hydrogens (primary N) is 1. The van der Waals surface area contributed by atoms with Gasteiger partial charge in [-0.15, -0.1) is 0 Å². The predicted molar refractivity (Wildman–Crippen MR) is 58.3 cm³/mol. The Bertz CT molecular complexity index is 327. The van der Waals surface area contributed by atoms with Crippen LogP contribution < -0.4 is 5.73 Å². The summed E-state index contributed by atoms with van der Waals surface area (Å²) in [5.74, 6) is 0.450. The fraction of sp³-hybridized carbons (Fsp3) is 0.750. The normalized spacial score (nSPS) is 11.5. The molecule has 8 nitrogen and oxygen atoms in total. The fourth-order valence-electron chi connectivity index (χ4n) is 0.303. The van der Waals surface area contributed by atoms with Crippen molar-refractivity contribution in [2.24, 2.45) is 5.73 Å². The van der Waals surface area contributed by atoms with Gasteiger partial charge in [-0.25, -0.2) is 13.0 Å². The fourth-order valence-corrected chi connectivity index (χ4v) is 2.07. The summed E-state index contributed by atoms with van der Waals surface area (Å²) in [6.45, 7) is 0. The summed E-state index contributed by atoms with van der Waals surface area (Å²) in [5, 5.41) is 6.71. The topological polar surface area (TPSA) is 162 Å². The number of thioether (sulfide) groups is 1. The number of hydrogen-bond acceptors (Lipinski definition) is 5. The van der Waals surface area contributed by atoms with Crippen LogP contribution in [-0.2, 0) is 14.4 Å². The van der Waals surface area contributed by atoms with Crippen LogP contribution >= 0.6 is 19.6 Å². The molecule has 92 valence electrons. The summed E-state index contributed by atoms with van der Waals surface area (Å²) >= 11 is 1.04. The first-order valence-corrected chi connectivity index (χ1v) is 7.96. The lowest BCUT2D eigenvalue weighted by Crippen LogP contribution is -2.10. The van der Waals surface area contributed by atoms with E-state index in [4.69, 9.17) is 30.4 Å². The summed E-state index contributed by atoms with van der Waals surface area (Å²) in [7, 11) is -7.53. The van der Waals surface area contributed by atoms with Crippen LogP contribution in [0.25, 0.3) is 0 Å². The Morgan fingerprint density at radius 3 is 2.00 bits per heavy atom. The zero-order valence-corrected chi connectivity index (χ0v) is 10.3. The van der Waals surface area contributed by atoms with Gasteiger partial charge in [0.1, 0.15) is 9.84 Å². The average molecular weight is 280 g/mol. The highest BCUT2D eigenvalue weighted by Crippen LogP contribution is 2.25. The Morgan fingerprint density at radius 2 is 1.80 bits per heavy atom. The molecule has 0 atom stereocenters. The first-order chi connectivity index (χ1) is 6.42. The number of hydrogen-bond donors (Lipinski definition) is 5. The summed E-state index contributed by atoms with van der Waals surface area (Å²) < 4.78 is 29.9. The minimum Gasteiger partial charge on any atom is -0.379 e. The second-order valence-corrected chi connectivity index (χ2v) is 6.78. The van der Waals surface area contributed by atoms with E-state index in [-0.39, 0.29) is 10.9 Å². The number of rotatable bonds is 3. The molecule has 0 unspecified atom stereocenters. The highest BCUT2D eigenvalue weighted by atomic mass is 32.2. The first-order valence-electron chi connectivity index (χ1n) is 3.34. The van der Waals surface area contributed by atoms with Crippen LogP contribution in [0.3, 0.4) is 0 Å². The molecule has 0 spiro atoms. The molecule has 0 rings (SSSR count). The monoisotopic (exact) mass is 280 g/mol. The maximum Gasteiger partial charge on any atom is 0.466 e. The molecule has 0 bridgehead atoms. The van der Waals surface area contributed by atoms with Crippen LogP contribution in [0.5, 0.6) is 0 Å². The van der Waals surface area contributed by atoms with E-state index in [9.17, 15) is 8.42 Å². The van der Waals surface area contributed by atoms with Gasteiger partial charge < -0.3 is 20.4 Å². The van der Waals surface area contributed by atoms with Crippen molar-refractivity contribution in [1.29, 1.82) is 5.41 Å². The van der Waals surface area contributed by atoms with Crippen LogP contribution in [0.4, 0.5) is 0 Å². The molecule has 0 aliphatic carbocycles. The largest absolute Gasteiger partial charge is 0.466 e. The van der Waals surface area contributed by atoms with Gasteiger partial charge in [-0.1, -0.05) is 11.8 Å². The van der Waals surface area contributed by atoms with Gasteiger partial charge in [-0.3, -0.25) is 5.41 Å². The summed E-state index contributed by atoms with van der Waals surface area (Å²) in [6, 6.07) is 0. The Balaban J connectivity index is 0. The number of phosphoric acid groups is 1. The van der Waals surface area contributed by atoms with E-state index in [2.05, 4.69) is 0 Å². The predicted octanol–water partition coefficient (Wildman–Crippen LogP) is -1.27. The van der Waals surface area contributed by atoms with Gasteiger partial charge in [-0.05, 0) is 0 Å². The molecule has 0 aliphatic heterocycles. The number of nitrogens with one attached hydrogen (secondary N) is 1. The second-order valence-electron chi connectivity index (χ2n) is 2.36. The molecule has 11 heteroatoms. The first kappa shape index (κ1) is 17.3. The molecule has 0 aliphatic rings. The van der Waals surface area contributed by atoms with Gasteiger partial charge in [0, 0.05) is 12.0 Å². The van der Waals surface area contributed by atoms with Gasteiger partial charge in [0.15, 0.2) is 5.17 Å². The standard InChI is InChI=1S/C4H10N2O2S2.H3O4P/c1-10(7,8)3-2-9-4(5)6;1-5(2,3)4/h2-3H2,1H3,(H3,5,6);(H3,1,2,3,4). The van der Waals surface area contributed by atoms with Crippen molar-refractivity contribution in [3.8, 4) is 0 Å². The van der Waals surface area contributed by atoms with Crippen LogP contribution in [0.2, 0.25) is 0 Å². The molecule has 0 heterocycles. The Labute approximate surface area is 91.5 Å². The lowest BCUT2D eigenvalue weighted by Gasteiger charge is -1.95. The third kappa shape index (κ3) is 41.4. The van der Waals surface area contributed by atoms with E-state index in [1.807, 2.05) is 0 Å². The van der Waals surface area contributed by atoms with Gasteiger partial charge >= 0.3 is 7.82 Å². The van der Waals surface area contributed by atoms with Crippen molar-refractivity contribution >= 4 is 34.6 Å². The number of amidine groups is 1. The summed E-state index contributed by atoms with van der Waals surface area (Å²) in [4.78, 5) is 21.6. The minimum atomic E-state index is -4.64. The van der Waals surface area contributed by atoms with Gasteiger partial charge in [0.05, 0.1) is 5.75 Å². The highest BCUT2D eigenvalue weighted by Gasteiger charge is 2.01. The molecule has 0 radical (unpaired) electrons. The summed E-state index contributed by atoms with van der Waals surface area (Å²) in [6.07, 6.45) is 1.16. The molecule has 6 N–H and O–H groups in total. The second kappa shape index (κ2) is 7.20.